The van der Waals surface area contributed by atoms with E-state index in [1.54, 1.807) is 18.4 Å². The first-order valence-electron chi connectivity index (χ1n) is 3.66. The molecule has 0 N–H and O–H groups in total. The minimum Gasteiger partial charge on any atom is -0.496 e. The zero-order valence-corrected chi connectivity index (χ0v) is 10.7. The van der Waals surface area contributed by atoms with Crippen LogP contribution in [0.15, 0.2) is 22.4 Å². The molecule has 0 aliphatic heterocycles. The Bertz CT molecular complexity index is 450. The van der Waals surface area contributed by atoms with E-state index in [1.807, 2.05) is 6.07 Å². The molecule has 0 aliphatic carbocycles. The molecule has 0 fully saturated rings. The third-order valence-corrected chi connectivity index (χ3v) is 4.27. The number of rotatable bonds is 1. The number of hydrogen-bond acceptors (Lipinski definition) is 3. The Labute approximate surface area is 99.6 Å². The highest BCUT2D eigenvalue weighted by atomic mass is 127. The summed E-state index contributed by atoms with van der Waals surface area (Å²) < 4.78 is 7.64. The van der Waals surface area contributed by atoms with Crippen LogP contribution in [0, 0.1) is 3.57 Å². The maximum atomic E-state index is 5.23. The van der Waals surface area contributed by atoms with Crippen LogP contribution in [0.25, 0.3) is 10.1 Å². The maximum absolute atomic E-state index is 5.23. The normalized spacial score (nSPS) is 10.7. The van der Waals surface area contributed by atoms with Gasteiger partial charge in [-0.2, -0.15) is 0 Å². The number of benzene rings is 1. The van der Waals surface area contributed by atoms with Gasteiger partial charge in [-0.1, -0.05) is 0 Å². The quantitative estimate of drug-likeness (QED) is 0.621. The van der Waals surface area contributed by atoms with E-state index in [9.17, 15) is 0 Å². The van der Waals surface area contributed by atoms with Crippen LogP contribution < -0.4 is 4.74 Å². The lowest BCUT2D eigenvalue weighted by molar-refractivity contribution is 0.406. The number of ether oxygens (including phenoxy) is 1. The van der Waals surface area contributed by atoms with Gasteiger partial charge in [-0.05, 0) is 40.1 Å². The molecule has 0 unspecified atom stereocenters. The highest BCUT2D eigenvalue weighted by molar-refractivity contribution is 14.1. The molecule has 0 aliphatic rings. The molecule has 1 heterocycles. The van der Waals surface area contributed by atoms with Crippen molar-refractivity contribution in [2.75, 3.05) is 7.11 Å². The van der Waals surface area contributed by atoms with E-state index >= 15 is 0 Å². The SMILES string of the molecule is COc1cc(I)c2ccsc2c1S. The molecule has 1 aromatic carbocycles. The van der Waals surface area contributed by atoms with Gasteiger partial charge in [-0.3, -0.25) is 0 Å². The lowest BCUT2D eigenvalue weighted by atomic mass is 10.2. The molecule has 0 atom stereocenters. The molecule has 0 bridgehead atoms. The number of hydrogen-bond donors (Lipinski definition) is 1. The van der Waals surface area contributed by atoms with Crippen molar-refractivity contribution in [1.82, 2.24) is 0 Å². The van der Waals surface area contributed by atoms with Crippen LogP contribution in [-0.4, -0.2) is 7.11 Å². The number of thiophene rings is 1. The molecule has 0 spiro atoms. The average Bonchev–Trinajstić information content (AvgIpc) is 2.60. The van der Waals surface area contributed by atoms with Crippen molar-refractivity contribution in [3.8, 4) is 5.75 Å². The fourth-order valence-electron chi connectivity index (χ4n) is 1.21. The van der Waals surface area contributed by atoms with E-state index in [0.29, 0.717) is 0 Å². The number of fused-ring (bicyclic) bond motifs is 1. The topological polar surface area (TPSA) is 9.23 Å². The molecule has 4 heteroatoms. The zero-order valence-electron chi connectivity index (χ0n) is 6.87. The Morgan fingerprint density at radius 1 is 1.54 bits per heavy atom. The predicted molar refractivity (Wildman–Crippen MR) is 68.3 cm³/mol. The van der Waals surface area contributed by atoms with Gasteiger partial charge >= 0.3 is 0 Å². The molecule has 13 heavy (non-hydrogen) atoms. The van der Waals surface area contributed by atoms with Gasteiger partial charge in [0.1, 0.15) is 5.75 Å². The number of thiol groups is 1. The van der Waals surface area contributed by atoms with Crippen LogP contribution in [0.2, 0.25) is 0 Å². The maximum Gasteiger partial charge on any atom is 0.134 e. The van der Waals surface area contributed by atoms with Crippen molar-refractivity contribution in [3.63, 3.8) is 0 Å². The third kappa shape index (κ3) is 1.55. The summed E-state index contributed by atoms with van der Waals surface area (Å²) in [6.45, 7) is 0. The van der Waals surface area contributed by atoms with Crippen molar-refractivity contribution in [2.45, 2.75) is 4.90 Å². The minimum atomic E-state index is 0.850. The van der Waals surface area contributed by atoms with Crippen molar-refractivity contribution in [1.29, 1.82) is 0 Å². The van der Waals surface area contributed by atoms with Gasteiger partial charge in [0.2, 0.25) is 0 Å². The van der Waals surface area contributed by atoms with Crippen molar-refractivity contribution in [3.05, 3.63) is 21.1 Å². The summed E-state index contributed by atoms with van der Waals surface area (Å²) in [7, 11) is 1.67. The van der Waals surface area contributed by atoms with Crippen LogP contribution in [0.1, 0.15) is 0 Å². The molecule has 0 saturated carbocycles. The van der Waals surface area contributed by atoms with E-state index < -0.39 is 0 Å². The molecule has 1 nitrogen and oxygen atoms in total. The Balaban J connectivity index is 2.85. The summed E-state index contributed by atoms with van der Waals surface area (Å²) in [6.07, 6.45) is 0. The van der Waals surface area contributed by atoms with Gasteiger partial charge < -0.3 is 4.74 Å². The van der Waals surface area contributed by atoms with Crippen LogP contribution in [0.3, 0.4) is 0 Å². The van der Waals surface area contributed by atoms with E-state index in [0.717, 1.165) is 10.6 Å². The predicted octanol–water partition coefficient (Wildman–Crippen LogP) is 3.80. The fraction of sp³-hybridized carbons (Fsp3) is 0.111. The first-order chi connectivity index (χ1) is 6.24. The second-order valence-electron chi connectivity index (χ2n) is 2.57. The van der Waals surface area contributed by atoms with Crippen LogP contribution in [0.5, 0.6) is 5.75 Å². The zero-order chi connectivity index (χ0) is 9.42. The van der Waals surface area contributed by atoms with Gasteiger partial charge in [-0.15, -0.1) is 24.0 Å². The minimum absolute atomic E-state index is 0.850. The lowest BCUT2D eigenvalue weighted by Gasteiger charge is -2.05. The first-order valence-corrected chi connectivity index (χ1v) is 6.07. The van der Waals surface area contributed by atoms with Gasteiger partial charge in [0.25, 0.3) is 0 Å². The highest BCUT2D eigenvalue weighted by Crippen LogP contribution is 2.37. The Morgan fingerprint density at radius 2 is 2.31 bits per heavy atom. The number of halogens is 1. The Morgan fingerprint density at radius 3 is 3.00 bits per heavy atom. The summed E-state index contributed by atoms with van der Waals surface area (Å²) in [4.78, 5) is 0.938. The summed E-state index contributed by atoms with van der Waals surface area (Å²) >= 11 is 8.45. The van der Waals surface area contributed by atoms with E-state index in [2.05, 4.69) is 46.7 Å². The third-order valence-electron chi connectivity index (χ3n) is 1.85. The largest absolute Gasteiger partial charge is 0.496 e. The van der Waals surface area contributed by atoms with Gasteiger partial charge in [-0.25, -0.2) is 0 Å². The van der Waals surface area contributed by atoms with E-state index in [-0.39, 0.29) is 0 Å². The molecule has 0 radical (unpaired) electrons. The second-order valence-corrected chi connectivity index (χ2v) is 5.10. The lowest BCUT2D eigenvalue weighted by Crippen LogP contribution is -1.86. The van der Waals surface area contributed by atoms with Crippen molar-refractivity contribution < 1.29 is 4.74 Å². The number of methoxy groups -OCH3 is 1. The summed E-state index contributed by atoms with van der Waals surface area (Å²) in [5, 5.41) is 3.34. The average molecular weight is 322 g/mol. The highest BCUT2D eigenvalue weighted by Gasteiger charge is 2.09. The van der Waals surface area contributed by atoms with Gasteiger partial charge in [0, 0.05) is 8.96 Å². The Hall–Kier alpha value is 0.0600. The molecular formula is C9H7IOS2. The molecular weight excluding hydrogens is 315 g/mol. The van der Waals surface area contributed by atoms with Crippen molar-refractivity contribution in [2.24, 2.45) is 0 Å². The molecule has 0 amide bonds. The monoisotopic (exact) mass is 322 g/mol. The second kappa shape index (κ2) is 3.67. The van der Waals surface area contributed by atoms with Crippen molar-refractivity contribution >= 4 is 56.6 Å². The standard InChI is InChI=1S/C9H7IOS2/c1-11-7-4-6(10)5-2-3-13-9(5)8(7)12/h2-4,12H,1H3. The first kappa shape index (κ1) is 9.61. The van der Waals surface area contributed by atoms with Gasteiger partial charge in [0.15, 0.2) is 0 Å². The van der Waals surface area contributed by atoms with E-state index in [1.165, 1.54) is 13.7 Å². The van der Waals surface area contributed by atoms with Gasteiger partial charge in [0.05, 0.1) is 16.7 Å². The summed E-state index contributed by atoms with van der Waals surface area (Å²) in [5.41, 5.74) is 0. The summed E-state index contributed by atoms with van der Waals surface area (Å²) in [6, 6.07) is 4.12. The molecule has 2 aromatic rings. The van der Waals surface area contributed by atoms with Crippen LogP contribution in [-0.2, 0) is 0 Å². The molecule has 1 aromatic heterocycles. The summed E-state index contributed by atoms with van der Waals surface area (Å²) in [5.74, 6) is 0.850. The fourth-order valence-corrected chi connectivity index (χ4v) is 3.42. The van der Waals surface area contributed by atoms with Crippen LogP contribution in [0.4, 0.5) is 0 Å². The van der Waals surface area contributed by atoms with E-state index in [4.69, 9.17) is 4.74 Å². The Kier molecular flexibility index (Phi) is 2.71. The molecule has 68 valence electrons. The van der Waals surface area contributed by atoms with Crippen LogP contribution >= 0.6 is 46.6 Å². The molecule has 0 saturated heterocycles. The molecule has 2 rings (SSSR count). The smallest absolute Gasteiger partial charge is 0.134 e.